The first-order valence-electron chi connectivity index (χ1n) is 11.3. The number of rotatable bonds is 15. The summed E-state index contributed by atoms with van der Waals surface area (Å²) < 4.78 is 16.7. The number of hydrogen-bond acceptors (Lipinski definition) is 4. The van der Waals surface area contributed by atoms with Gasteiger partial charge in [0.1, 0.15) is 18.1 Å². The van der Waals surface area contributed by atoms with Gasteiger partial charge in [0.25, 0.3) is 0 Å². The quantitative estimate of drug-likeness (QED) is 0.311. The molecule has 2 aromatic carbocycles. The molecule has 0 spiro atoms. The van der Waals surface area contributed by atoms with E-state index in [1.54, 1.807) is 25.3 Å². The molecule has 2 rings (SSSR count). The van der Waals surface area contributed by atoms with Crippen LogP contribution >= 0.6 is 0 Å². The second-order valence-electron chi connectivity index (χ2n) is 7.61. The minimum atomic E-state index is -0.151. The summed E-state index contributed by atoms with van der Waals surface area (Å²) in [5.74, 6) is 1.82. The highest BCUT2D eigenvalue weighted by Crippen LogP contribution is 2.16. The highest BCUT2D eigenvalue weighted by Gasteiger charge is 2.02. The van der Waals surface area contributed by atoms with Crippen LogP contribution in [-0.4, -0.2) is 13.7 Å². The van der Waals surface area contributed by atoms with Gasteiger partial charge in [0, 0.05) is 0 Å². The average Bonchev–Trinajstić information content (AvgIpc) is 2.95. The lowest BCUT2D eigenvalue weighted by Crippen LogP contribution is -2.04. The molecule has 2 aromatic rings. The summed E-state index contributed by atoms with van der Waals surface area (Å²) in [7, 11) is 1.63. The fourth-order valence-corrected chi connectivity index (χ4v) is 3.24. The van der Waals surface area contributed by atoms with E-state index >= 15 is 0 Å². The molecule has 0 bridgehead atoms. The van der Waals surface area contributed by atoms with Crippen molar-refractivity contribution in [2.75, 3.05) is 13.7 Å². The Kier molecular flexibility index (Phi) is 11.5. The molecule has 0 aliphatic rings. The van der Waals surface area contributed by atoms with Crippen molar-refractivity contribution in [3.63, 3.8) is 0 Å². The van der Waals surface area contributed by atoms with E-state index in [1.807, 2.05) is 24.3 Å². The lowest BCUT2D eigenvalue weighted by molar-refractivity contribution is 0.301. The molecular weight excluding hydrogens is 376 g/mol. The van der Waals surface area contributed by atoms with Crippen LogP contribution < -0.4 is 19.6 Å². The van der Waals surface area contributed by atoms with Crippen LogP contribution in [0.1, 0.15) is 70.3 Å². The maximum absolute atomic E-state index is 12.2. The normalized spacial score (nSPS) is 10.6. The second kappa shape index (κ2) is 14.5. The number of ether oxygens (including phenoxy) is 3. The SMILES string of the molecule is CCCCCCCCCCCOc1ccc(OCc2ccc(OC)cc2)c(=O)cc1. The zero-order valence-electron chi connectivity index (χ0n) is 18.5. The van der Waals surface area contributed by atoms with E-state index in [1.165, 1.54) is 57.4 Å². The third-order valence-electron chi connectivity index (χ3n) is 5.11. The topological polar surface area (TPSA) is 44.8 Å². The molecule has 164 valence electrons. The van der Waals surface area contributed by atoms with Gasteiger partial charge in [-0.3, -0.25) is 4.79 Å². The molecule has 0 atom stereocenters. The van der Waals surface area contributed by atoms with Crippen LogP contribution in [0.5, 0.6) is 17.2 Å². The third-order valence-corrected chi connectivity index (χ3v) is 5.11. The maximum Gasteiger partial charge on any atom is 0.220 e. The summed E-state index contributed by atoms with van der Waals surface area (Å²) in [6.07, 6.45) is 11.6. The highest BCUT2D eigenvalue weighted by atomic mass is 16.5. The summed E-state index contributed by atoms with van der Waals surface area (Å²) in [6.45, 7) is 3.26. The summed E-state index contributed by atoms with van der Waals surface area (Å²) in [6, 6.07) is 14.3. The minimum absolute atomic E-state index is 0.151. The van der Waals surface area contributed by atoms with Gasteiger partial charge in [-0.05, 0) is 48.4 Å². The molecule has 0 saturated carbocycles. The molecule has 30 heavy (non-hydrogen) atoms. The van der Waals surface area contributed by atoms with Crippen LogP contribution in [0.4, 0.5) is 0 Å². The number of methoxy groups -OCH3 is 1. The van der Waals surface area contributed by atoms with Gasteiger partial charge in [-0.1, -0.05) is 70.4 Å². The fraction of sp³-hybridized carbons (Fsp3) is 0.500. The van der Waals surface area contributed by atoms with Crippen LogP contribution in [-0.2, 0) is 6.61 Å². The molecule has 0 N–H and O–H groups in total. The van der Waals surface area contributed by atoms with Crippen LogP contribution in [0.15, 0.2) is 53.3 Å². The molecule has 0 saturated heterocycles. The van der Waals surface area contributed by atoms with Crippen molar-refractivity contribution < 1.29 is 14.2 Å². The molecule has 4 nitrogen and oxygen atoms in total. The molecule has 4 heteroatoms. The molecule has 0 radical (unpaired) electrons. The zero-order valence-corrected chi connectivity index (χ0v) is 18.5. The van der Waals surface area contributed by atoms with Gasteiger partial charge >= 0.3 is 0 Å². The smallest absolute Gasteiger partial charge is 0.220 e. The molecule has 0 unspecified atom stereocenters. The Hall–Kier alpha value is -2.49. The lowest BCUT2D eigenvalue weighted by Gasteiger charge is -2.05. The summed E-state index contributed by atoms with van der Waals surface area (Å²) in [5, 5.41) is 0. The van der Waals surface area contributed by atoms with Crippen LogP contribution in [0.25, 0.3) is 0 Å². The number of unbranched alkanes of at least 4 members (excludes halogenated alkanes) is 8. The van der Waals surface area contributed by atoms with E-state index in [2.05, 4.69) is 6.92 Å². The first kappa shape index (κ1) is 23.8. The van der Waals surface area contributed by atoms with Crippen molar-refractivity contribution in [3.05, 3.63) is 64.3 Å². The maximum atomic E-state index is 12.2. The van der Waals surface area contributed by atoms with E-state index in [-0.39, 0.29) is 5.43 Å². The predicted molar refractivity (Wildman–Crippen MR) is 123 cm³/mol. The first-order valence-corrected chi connectivity index (χ1v) is 11.3. The molecule has 0 aliphatic carbocycles. The van der Waals surface area contributed by atoms with Crippen molar-refractivity contribution in [1.82, 2.24) is 0 Å². The van der Waals surface area contributed by atoms with Crippen LogP contribution in [0.3, 0.4) is 0 Å². The van der Waals surface area contributed by atoms with E-state index in [4.69, 9.17) is 14.2 Å². The van der Waals surface area contributed by atoms with Gasteiger partial charge in [0.15, 0.2) is 5.75 Å². The zero-order chi connectivity index (χ0) is 21.4. The van der Waals surface area contributed by atoms with E-state index < -0.39 is 0 Å². The largest absolute Gasteiger partial charge is 0.497 e. The van der Waals surface area contributed by atoms with Crippen molar-refractivity contribution in [2.45, 2.75) is 71.3 Å². The van der Waals surface area contributed by atoms with Crippen molar-refractivity contribution in [2.24, 2.45) is 0 Å². The monoisotopic (exact) mass is 412 g/mol. The molecule has 0 fully saturated rings. The predicted octanol–water partition coefficient (Wildman–Crippen LogP) is 6.54. The fourth-order valence-electron chi connectivity index (χ4n) is 3.24. The van der Waals surface area contributed by atoms with E-state index in [0.717, 1.165) is 17.7 Å². The summed E-state index contributed by atoms with van der Waals surface area (Å²) in [5.41, 5.74) is 0.824. The molecular formula is C26H36O4. The minimum Gasteiger partial charge on any atom is -0.497 e. The molecule has 0 heterocycles. The van der Waals surface area contributed by atoms with Crippen molar-refractivity contribution in [1.29, 1.82) is 0 Å². The van der Waals surface area contributed by atoms with Gasteiger partial charge < -0.3 is 14.2 Å². The van der Waals surface area contributed by atoms with Gasteiger partial charge in [0.05, 0.1) is 13.7 Å². The lowest BCUT2D eigenvalue weighted by atomic mass is 10.1. The second-order valence-corrected chi connectivity index (χ2v) is 7.61. The van der Waals surface area contributed by atoms with Gasteiger partial charge in [-0.2, -0.15) is 0 Å². The molecule has 0 aliphatic heterocycles. The Balaban J connectivity index is 1.69. The van der Waals surface area contributed by atoms with Gasteiger partial charge in [-0.25, -0.2) is 0 Å². The molecule has 0 aromatic heterocycles. The van der Waals surface area contributed by atoms with Crippen LogP contribution in [0, 0.1) is 0 Å². The Morgan fingerprint density at radius 3 is 1.93 bits per heavy atom. The van der Waals surface area contributed by atoms with Crippen LogP contribution in [0.2, 0.25) is 0 Å². The van der Waals surface area contributed by atoms with Gasteiger partial charge in [-0.15, -0.1) is 0 Å². The third kappa shape index (κ3) is 9.34. The average molecular weight is 413 g/mol. The van der Waals surface area contributed by atoms with Crippen molar-refractivity contribution >= 4 is 0 Å². The number of hydrogen-bond donors (Lipinski definition) is 0. The summed E-state index contributed by atoms with van der Waals surface area (Å²) >= 11 is 0. The standard InChI is InChI=1S/C26H36O4/c1-3-4-5-6-7-8-9-10-11-20-29-24-16-18-25(27)26(19-17-24)30-21-22-12-14-23(28-2)15-13-22/h12-19H,3-11,20-21H2,1-2H3. The Bertz CT molecular complexity index is 771. The Labute approximate surface area is 181 Å². The Morgan fingerprint density at radius 1 is 0.667 bits per heavy atom. The number of benzene rings is 1. The first-order chi connectivity index (χ1) is 14.7. The Morgan fingerprint density at radius 2 is 1.27 bits per heavy atom. The summed E-state index contributed by atoms with van der Waals surface area (Å²) in [4.78, 5) is 12.2. The van der Waals surface area contributed by atoms with Gasteiger partial charge in [0.2, 0.25) is 5.43 Å². The van der Waals surface area contributed by atoms with Crippen molar-refractivity contribution in [3.8, 4) is 17.2 Å². The van der Waals surface area contributed by atoms with E-state index in [0.29, 0.717) is 24.7 Å². The molecule has 0 amide bonds. The van der Waals surface area contributed by atoms with E-state index in [9.17, 15) is 4.79 Å². The highest BCUT2D eigenvalue weighted by molar-refractivity contribution is 5.30.